The molecular formula is C23H27N3O3. The number of nitrogens with zero attached hydrogens (tertiary/aromatic N) is 2. The summed E-state index contributed by atoms with van der Waals surface area (Å²) in [6, 6.07) is 4.13. The molecule has 0 saturated heterocycles. The van der Waals surface area contributed by atoms with Gasteiger partial charge in [0.15, 0.2) is 0 Å². The minimum absolute atomic E-state index is 0.113. The van der Waals surface area contributed by atoms with E-state index in [0.717, 1.165) is 64.3 Å². The van der Waals surface area contributed by atoms with Crippen molar-refractivity contribution in [1.29, 1.82) is 0 Å². The number of nitrogens with one attached hydrogen (secondary N) is 1. The summed E-state index contributed by atoms with van der Waals surface area (Å²) in [6.07, 6.45) is 4.40. The highest BCUT2D eigenvalue weighted by Crippen LogP contribution is 2.53. The van der Waals surface area contributed by atoms with E-state index in [0.29, 0.717) is 17.8 Å². The zero-order valence-corrected chi connectivity index (χ0v) is 16.9. The third-order valence-electron chi connectivity index (χ3n) is 7.54. The molecule has 0 aliphatic heterocycles. The van der Waals surface area contributed by atoms with Gasteiger partial charge in [0.2, 0.25) is 0 Å². The number of aromatic amines is 1. The second-order valence-electron chi connectivity index (χ2n) is 9.40. The minimum atomic E-state index is -0.724. The number of aliphatic hydroxyl groups is 2. The summed E-state index contributed by atoms with van der Waals surface area (Å²) < 4.78 is 5.39. The lowest BCUT2D eigenvalue weighted by molar-refractivity contribution is -0.0194. The molecule has 0 spiro atoms. The van der Waals surface area contributed by atoms with E-state index in [4.69, 9.17) is 9.51 Å². The maximum Gasteiger partial charge on any atom is 0.141 e. The van der Waals surface area contributed by atoms with Crippen molar-refractivity contribution in [2.45, 2.75) is 64.1 Å². The van der Waals surface area contributed by atoms with E-state index in [1.807, 2.05) is 19.9 Å². The van der Waals surface area contributed by atoms with Crippen molar-refractivity contribution in [1.82, 2.24) is 15.1 Å². The minimum Gasteiger partial charge on any atom is -0.392 e. The van der Waals surface area contributed by atoms with Gasteiger partial charge in [-0.25, -0.2) is 4.98 Å². The lowest BCUT2D eigenvalue weighted by Gasteiger charge is -2.31. The van der Waals surface area contributed by atoms with Gasteiger partial charge in [0.05, 0.1) is 28.9 Å². The highest BCUT2D eigenvalue weighted by atomic mass is 16.5. The Hall–Kier alpha value is -2.18. The third-order valence-corrected chi connectivity index (χ3v) is 7.54. The van der Waals surface area contributed by atoms with Crippen molar-refractivity contribution >= 4 is 11.0 Å². The van der Waals surface area contributed by atoms with Crippen molar-refractivity contribution in [2.75, 3.05) is 0 Å². The quantitative estimate of drug-likeness (QED) is 0.619. The number of rotatable bonds is 4. The molecule has 3 N–H and O–H groups in total. The smallest absolute Gasteiger partial charge is 0.141 e. The first-order chi connectivity index (χ1) is 14.0. The molecule has 5 atom stereocenters. The molecule has 6 nitrogen and oxygen atoms in total. The molecule has 0 radical (unpaired) electrons. The Balaban J connectivity index is 1.52. The number of aliphatic hydroxyl groups excluding tert-OH is 2. The van der Waals surface area contributed by atoms with Crippen LogP contribution in [0.15, 0.2) is 16.7 Å². The molecule has 0 amide bonds. The topological polar surface area (TPSA) is 95.2 Å². The predicted molar refractivity (Wildman–Crippen MR) is 108 cm³/mol. The van der Waals surface area contributed by atoms with Crippen LogP contribution in [0.5, 0.6) is 0 Å². The van der Waals surface area contributed by atoms with E-state index in [-0.39, 0.29) is 5.92 Å². The van der Waals surface area contributed by atoms with E-state index < -0.39 is 12.2 Å². The fourth-order valence-corrected chi connectivity index (χ4v) is 5.94. The van der Waals surface area contributed by atoms with Gasteiger partial charge in [-0.05, 0) is 75.5 Å². The van der Waals surface area contributed by atoms with Gasteiger partial charge >= 0.3 is 0 Å². The SMILES string of the molecule is Cc1noc(C)c1-c1cc(C(O)C2C3CCC(C3)C2O)c2nc(C3CC3)[nH]c2c1. The van der Waals surface area contributed by atoms with Crippen LogP contribution in [0.1, 0.15) is 67.0 Å². The number of aryl methyl sites for hydroxylation is 2. The Morgan fingerprint density at radius 3 is 2.59 bits per heavy atom. The monoisotopic (exact) mass is 393 g/mol. The predicted octanol–water partition coefficient (Wildman–Crippen LogP) is 4.15. The fraction of sp³-hybridized carbons (Fsp3) is 0.565. The van der Waals surface area contributed by atoms with Crippen LogP contribution in [0.3, 0.4) is 0 Å². The average Bonchev–Trinajstić information content (AvgIpc) is 3.01. The summed E-state index contributed by atoms with van der Waals surface area (Å²) in [5.74, 6) is 2.90. The molecule has 2 heterocycles. The number of H-pyrrole nitrogens is 1. The van der Waals surface area contributed by atoms with Crippen LogP contribution >= 0.6 is 0 Å². The highest BCUT2D eigenvalue weighted by molar-refractivity contribution is 5.86. The van der Waals surface area contributed by atoms with Crippen LogP contribution in [0.25, 0.3) is 22.2 Å². The molecule has 2 aromatic heterocycles. The summed E-state index contributed by atoms with van der Waals surface area (Å²) in [6.45, 7) is 3.85. The summed E-state index contributed by atoms with van der Waals surface area (Å²) in [5, 5.41) is 26.4. The Labute approximate surface area is 169 Å². The lowest BCUT2D eigenvalue weighted by Crippen LogP contribution is -2.32. The van der Waals surface area contributed by atoms with E-state index in [9.17, 15) is 10.2 Å². The molecule has 3 fully saturated rings. The second-order valence-corrected chi connectivity index (χ2v) is 9.40. The van der Waals surface area contributed by atoms with Gasteiger partial charge in [0.25, 0.3) is 0 Å². The Bertz CT molecular complexity index is 1070. The van der Waals surface area contributed by atoms with E-state index in [2.05, 4.69) is 16.2 Å². The molecule has 5 unspecified atom stereocenters. The molecule has 29 heavy (non-hydrogen) atoms. The number of fused-ring (bicyclic) bond motifs is 3. The number of aromatic nitrogens is 3. The molecule has 1 aromatic carbocycles. The van der Waals surface area contributed by atoms with Crippen LogP contribution in [0, 0.1) is 31.6 Å². The maximum atomic E-state index is 11.5. The molecule has 6 heteroatoms. The Kier molecular flexibility index (Phi) is 3.75. The normalized spacial score (nSPS) is 29.8. The zero-order chi connectivity index (χ0) is 19.9. The number of hydrogen-bond donors (Lipinski definition) is 3. The van der Waals surface area contributed by atoms with Crippen molar-refractivity contribution in [3.05, 3.63) is 35.0 Å². The molecule has 2 bridgehead atoms. The van der Waals surface area contributed by atoms with Gasteiger partial charge < -0.3 is 19.7 Å². The van der Waals surface area contributed by atoms with E-state index >= 15 is 0 Å². The lowest BCUT2D eigenvalue weighted by atomic mass is 9.79. The van der Waals surface area contributed by atoms with Crippen molar-refractivity contribution in [3.8, 4) is 11.1 Å². The number of imidazole rings is 1. The summed E-state index contributed by atoms with van der Waals surface area (Å²) in [7, 11) is 0. The van der Waals surface area contributed by atoms with Crippen LogP contribution in [-0.4, -0.2) is 31.4 Å². The fourth-order valence-electron chi connectivity index (χ4n) is 5.94. The molecule has 3 saturated carbocycles. The molecule has 3 aliphatic carbocycles. The number of benzene rings is 1. The second kappa shape index (κ2) is 6.16. The number of hydrogen-bond acceptors (Lipinski definition) is 5. The van der Waals surface area contributed by atoms with Crippen molar-refractivity contribution in [2.24, 2.45) is 17.8 Å². The summed E-state index contributed by atoms with van der Waals surface area (Å²) in [4.78, 5) is 8.38. The van der Waals surface area contributed by atoms with Crippen LogP contribution < -0.4 is 0 Å². The summed E-state index contributed by atoms with van der Waals surface area (Å²) >= 11 is 0. The van der Waals surface area contributed by atoms with Crippen LogP contribution in [0.4, 0.5) is 0 Å². The van der Waals surface area contributed by atoms with Crippen molar-refractivity contribution in [3.63, 3.8) is 0 Å². The molecular weight excluding hydrogens is 366 g/mol. The van der Waals surface area contributed by atoms with Gasteiger partial charge in [-0.1, -0.05) is 5.16 Å². The molecule has 3 aromatic rings. The summed E-state index contributed by atoms with van der Waals surface area (Å²) in [5.41, 5.74) is 5.38. The first kappa shape index (κ1) is 17.7. The molecule has 3 aliphatic rings. The average molecular weight is 393 g/mol. The standard InChI is InChI=1S/C23H27N3O3/c1-10-18(11(2)29-26-10)15-8-16(20-17(9-15)24-23(25-20)12-3-4-12)22(28)19-13-5-6-14(7-13)21(19)27/h8-9,12-14,19,21-22,27-28H,3-7H2,1-2H3,(H,24,25). The zero-order valence-electron chi connectivity index (χ0n) is 16.9. The first-order valence-corrected chi connectivity index (χ1v) is 10.8. The Morgan fingerprint density at radius 2 is 1.93 bits per heavy atom. The highest BCUT2D eigenvalue weighted by Gasteiger charge is 2.50. The first-order valence-electron chi connectivity index (χ1n) is 10.8. The van der Waals surface area contributed by atoms with Gasteiger partial charge in [-0.15, -0.1) is 0 Å². The van der Waals surface area contributed by atoms with Gasteiger partial charge in [0, 0.05) is 23.0 Å². The van der Waals surface area contributed by atoms with Gasteiger partial charge in [-0.3, -0.25) is 0 Å². The van der Waals surface area contributed by atoms with Crippen LogP contribution in [0.2, 0.25) is 0 Å². The van der Waals surface area contributed by atoms with E-state index in [1.54, 1.807) is 0 Å². The van der Waals surface area contributed by atoms with Gasteiger partial charge in [-0.2, -0.15) is 0 Å². The molecule has 6 rings (SSSR count). The largest absolute Gasteiger partial charge is 0.392 e. The van der Waals surface area contributed by atoms with Crippen molar-refractivity contribution < 1.29 is 14.7 Å². The third kappa shape index (κ3) is 2.62. The maximum absolute atomic E-state index is 11.5. The van der Waals surface area contributed by atoms with Crippen LogP contribution in [-0.2, 0) is 0 Å². The molecule has 152 valence electrons. The van der Waals surface area contributed by atoms with Gasteiger partial charge in [0.1, 0.15) is 11.6 Å². The van der Waals surface area contributed by atoms with E-state index in [1.165, 1.54) is 12.8 Å². The Morgan fingerprint density at radius 1 is 1.14 bits per heavy atom.